The van der Waals surface area contributed by atoms with E-state index in [9.17, 15) is 4.79 Å². The molecule has 1 unspecified atom stereocenters. The van der Waals surface area contributed by atoms with Gasteiger partial charge in [0.1, 0.15) is 18.4 Å². The first kappa shape index (κ1) is 14.2. The van der Waals surface area contributed by atoms with Crippen LogP contribution in [-0.2, 0) is 11.3 Å². The van der Waals surface area contributed by atoms with Crippen LogP contribution in [-0.4, -0.2) is 39.4 Å². The van der Waals surface area contributed by atoms with Crippen molar-refractivity contribution in [2.45, 2.75) is 32.5 Å². The second-order valence-corrected chi connectivity index (χ2v) is 5.84. The van der Waals surface area contributed by atoms with Crippen LogP contribution in [0.2, 0.25) is 0 Å². The Kier molecular flexibility index (Phi) is 3.30. The first-order valence-electron chi connectivity index (χ1n) is 7.90. The molecule has 1 aliphatic rings. The minimum absolute atomic E-state index is 0.0445. The van der Waals surface area contributed by atoms with E-state index in [0.29, 0.717) is 6.54 Å². The van der Waals surface area contributed by atoms with E-state index in [1.54, 1.807) is 10.9 Å². The van der Waals surface area contributed by atoms with E-state index in [-0.39, 0.29) is 11.9 Å². The van der Waals surface area contributed by atoms with Crippen LogP contribution < -0.4 is 10.6 Å². The highest BCUT2D eigenvalue weighted by Gasteiger charge is 2.23. The van der Waals surface area contributed by atoms with E-state index in [2.05, 4.69) is 19.9 Å². The van der Waals surface area contributed by atoms with E-state index < -0.39 is 0 Å². The summed E-state index contributed by atoms with van der Waals surface area (Å²) in [5, 5.41) is 0.919. The fourth-order valence-corrected chi connectivity index (χ4v) is 3.29. The smallest absolute Gasteiger partial charge is 0.326 e. The zero-order valence-corrected chi connectivity index (χ0v) is 13.2. The monoisotopic (exact) mass is 313 g/mol. The third kappa shape index (κ3) is 2.19. The van der Waals surface area contributed by atoms with Gasteiger partial charge >= 0.3 is 5.69 Å². The number of benzene rings is 1. The van der Waals surface area contributed by atoms with E-state index >= 15 is 0 Å². The first-order chi connectivity index (χ1) is 11.2. The van der Waals surface area contributed by atoms with Crippen molar-refractivity contribution in [3.05, 3.63) is 28.9 Å². The van der Waals surface area contributed by atoms with Gasteiger partial charge < -0.3 is 14.6 Å². The van der Waals surface area contributed by atoms with Crippen LogP contribution in [0, 0.1) is 0 Å². The highest BCUT2D eigenvalue weighted by atomic mass is 16.5. The first-order valence-corrected chi connectivity index (χ1v) is 7.90. The van der Waals surface area contributed by atoms with E-state index in [1.165, 1.54) is 0 Å². The minimum Gasteiger partial charge on any atom is -0.358 e. The summed E-state index contributed by atoms with van der Waals surface area (Å²) in [7, 11) is 1.99. The average Bonchev–Trinajstić information content (AvgIpc) is 3.18. The van der Waals surface area contributed by atoms with Crippen LogP contribution in [0.5, 0.6) is 0 Å². The van der Waals surface area contributed by atoms with Crippen molar-refractivity contribution in [2.75, 3.05) is 18.6 Å². The number of nitrogens with zero attached hydrogens (tertiary/aromatic N) is 4. The van der Waals surface area contributed by atoms with E-state index in [0.717, 1.165) is 47.2 Å². The molecule has 4 rings (SSSR count). The molecular weight excluding hydrogens is 294 g/mol. The predicted octanol–water partition coefficient (Wildman–Crippen LogP) is 1.87. The van der Waals surface area contributed by atoms with Crippen LogP contribution >= 0.6 is 0 Å². The van der Waals surface area contributed by atoms with Gasteiger partial charge in [-0.25, -0.2) is 14.8 Å². The number of aryl methyl sites for hydroxylation is 1. The number of aromatic nitrogens is 4. The normalized spacial score (nSPS) is 18.1. The van der Waals surface area contributed by atoms with Gasteiger partial charge in [0.05, 0.1) is 16.6 Å². The summed E-state index contributed by atoms with van der Waals surface area (Å²) in [5.74, 6) is 0.828. The quantitative estimate of drug-likeness (QED) is 0.799. The highest BCUT2D eigenvalue weighted by molar-refractivity contribution is 5.98. The summed E-state index contributed by atoms with van der Waals surface area (Å²) in [6.07, 6.45) is 3.67. The van der Waals surface area contributed by atoms with Gasteiger partial charge in [0, 0.05) is 25.6 Å². The second kappa shape index (κ2) is 5.34. The molecule has 0 radical (unpaired) electrons. The molecule has 1 N–H and O–H groups in total. The highest BCUT2D eigenvalue weighted by Crippen LogP contribution is 2.29. The Morgan fingerprint density at radius 3 is 3.04 bits per heavy atom. The van der Waals surface area contributed by atoms with Gasteiger partial charge in [0.25, 0.3) is 0 Å². The molecule has 1 aliphatic heterocycles. The number of imidazole rings is 1. The van der Waals surface area contributed by atoms with Crippen LogP contribution in [0.4, 0.5) is 5.82 Å². The summed E-state index contributed by atoms with van der Waals surface area (Å²) < 4.78 is 7.46. The van der Waals surface area contributed by atoms with Crippen molar-refractivity contribution in [3.8, 4) is 0 Å². The zero-order chi connectivity index (χ0) is 16.0. The maximum Gasteiger partial charge on any atom is 0.326 e. The summed E-state index contributed by atoms with van der Waals surface area (Å²) in [6, 6.07) is 3.90. The van der Waals surface area contributed by atoms with Crippen molar-refractivity contribution < 1.29 is 4.74 Å². The number of H-pyrrole nitrogens is 1. The Balaban J connectivity index is 1.92. The molecule has 0 aliphatic carbocycles. The molecule has 7 nitrogen and oxygen atoms in total. The molecule has 0 spiro atoms. The molecule has 7 heteroatoms. The number of hydrogen-bond donors (Lipinski definition) is 1. The molecule has 0 amide bonds. The van der Waals surface area contributed by atoms with Crippen molar-refractivity contribution >= 4 is 27.8 Å². The maximum absolute atomic E-state index is 12.0. The molecule has 0 saturated carbocycles. The Hall–Kier alpha value is -2.41. The summed E-state index contributed by atoms with van der Waals surface area (Å²) >= 11 is 0. The summed E-state index contributed by atoms with van der Waals surface area (Å²) in [5.41, 5.74) is 2.41. The number of aromatic amines is 1. The third-order valence-corrected chi connectivity index (χ3v) is 4.50. The molecule has 1 atom stereocenters. The van der Waals surface area contributed by atoms with Crippen molar-refractivity contribution in [3.63, 3.8) is 0 Å². The van der Waals surface area contributed by atoms with Gasteiger partial charge in [-0.05, 0) is 31.9 Å². The van der Waals surface area contributed by atoms with Gasteiger partial charge in [-0.2, -0.15) is 0 Å². The molecule has 1 aromatic carbocycles. The number of fused-ring (bicyclic) bond motifs is 2. The summed E-state index contributed by atoms with van der Waals surface area (Å²) in [6.45, 7) is 3.36. The number of ether oxygens (including phenoxy) is 1. The van der Waals surface area contributed by atoms with Crippen molar-refractivity contribution in [1.82, 2.24) is 19.5 Å². The molecule has 0 bridgehead atoms. The molecule has 23 heavy (non-hydrogen) atoms. The van der Waals surface area contributed by atoms with Gasteiger partial charge in [-0.1, -0.05) is 0 Å². The van der Waals surface area contributed by atoms with Crippen LogP contribution in [0.25, 0.3) is 21.9 Å². The van der Waals surface area contributed by atoms with Crippen LogP contribution in [0.3, 0.4) is 0 Å². The zero-order valence-electron chi connectivity index (χ0n) is 13.2. The Morgan fingerprint density at radius 2 is 2.30 bits per heavy atom. The molecule has 3 heterocycles. The van der Waals surface area contributed by atoms with Crippen molar-refractivity contribution in [1.29, 1.82) is 0 Å². The number of rotatable bonds is 3. The lowest BCUT2D eigenvalue weighted by Crippen LogP contribution is -2.31. The third-order valence-electron chi connectivity index (χ3n) is 4.50. The van der Waals surface area contributed by atoms with Crippen LogP contribution in [0.15, 0.2) is 23.3 Å². The molecule has 1 saturated heterocycles. The number of anilines is 1. The van der Waals surface area contributed by atoms with Gasteiger partial charge in [-0.15, -0.1) is 0 Å². The molecule has 1 fully saturated rings. The van der Waals surface area contributed by atoms with Crippen LogP contribution in [0.1, 0.15) is 19.8 Å². The second-order valence-electron chi connectivity index (χ2n) is 5.84. The largest absolute Gasteiger partial charge is 0.358 e. The van der Waals surface area contributed by atoms with Gasteiger partial charge in [0.2, 0.25) is 0 Å². The Labute approximate surface area is 132 Å². The SMILES string of the molecule is CCn1c(=O)[nH]c2cc3c(N(C)C4CCCO4)ncnc3cc21. The standard InChI is InChI=1S/C16H19N5O2/c1-3-21-13-8-11-10(7-12(13)19-16(21)22)15(18-9-17-11)20(2)14-5-4-6-23-14/h7-9,14H,3-6H2,1-2H3,(H,19,22). The fourth-order valence-electron chi connectivity index (χ4n) is 3.29. The van der Waals surface area contributed by atoms with E-state index in [4.69, 9.17) is 4.74 Å². The topological polar surface area (TPSA) is 76.0 Å². The minimum atomic E-state index is -0.0974. The Bertz CT molecular complexity index is 923. The average molecular weight is 313 g/mol. The fraction of sp³-hybridized carbons (Fsp3) is 0.438. The molecular formula is C16H19N5O2. The lowest BCUT2D eigenvalue weighted by atomic mass is 10.2. The number of hydrogen-bond acceptors (Lipinski definition) is 5. The molecule has 120 valence electrons. The Morgan fingerprint density at radius 1 is 1.43 bits per heavy atom. The number of nitrogens with one attached hydrogen (secondary N) is 1. The maximum atomic E-state index is 12.0. The lowest BCUT2D eigenvalue weighted by molar-refractivity contribution is 0.111. The van der Waals surface area contributed by atoms with E-state index in [1.807, 2.05) is 26.1 Å². The van der Waals surface area contributed by atoms with Gasteiger partial charge in [-0.3, -0.25) is 4.57 Å². The summed E-state index contributed by atoms with van der Waals surface area (Å²) in [4.78, 5) is 25.8. The van der Waals surface area contributed by atoms with Crippen molar-refractivity contribution in [2.24, 2.45) is 0 Å². The lowest BCUT2D eigenvalue weighted by Gasteiger charge is -2.25. The molecule has 3 aromatic rings. The van der Waals surface area contributed by atoms with Gasteiger partial charge in [0.15, 0.2) is 0 Å². The predicted molar refractivity (Wildman–Crippen MR) is 88.7 cm³/mol. The molecule has 2 aromatic heterocycles.